The molecule has 6 nitrogen and oxygen atoms in total. The van der Waals surface area contributed by atoms with Crippen molar-refractivity contribution in [2.75, 3.05) is 27.5 Å². The van der Waals surface area contributed by atoms with Crippen LogP contribution in [-0.4, -0.2) is 32.4 Å². The van der Waals surface area contributed by atoms with Crippen LogP contribution >= 0.6 is 0 Å². The van der Waals surface area contributed by atoms with Crippen LogP contribution in [0.5, 0.6) is 17.2 Å². The molecule has 3 aromatic carbocycles. The van der Waals surface area contributed by atoms with Crippen molar-refractivity contribution < 1.29 is 23.0 Å². The Labute approximate surface area is 196 Å². The normalized spacial score (nSPS) is 13.4. The average Bonchev–Trinajstić information content (AvgIpc) is 2.87. The van der Waals surface area contributed by atoms with Crippen molar-refractivity contribution in [2.24, 2.45) is 0 Å². The Morgan fingerprint density at radius 3 is 2.53 bits per heavy atom. The summed E-state index contributed by atoms with van der Waals surface area (Å²) in [4.78, 5) is 15.1. The molecule has 1 aliphatic rings. The second kappa shape index (κ2) is 9.19. The minimum absolute atomic E-state index is 0.243. The molecule has 1 aliphatic heterocycles. The molecule has 0 N–H and O–H groups in total. The number of hydrogen-bond acceptors (Lipinski definition) is 6. The molecule has 4 aromatic rings. The van der Waals surface area contributed by atoms with Crippen LogP contribution in [-0.2, 0) is 13.0 Å². The molecule has 2 heterocycles. The predicted octanol–water partition coefficient (Wildman–Crippen LogP) is 5.01. The van der Waals surface area contributed by atoms with Crippen molar-refractivity contribution >= 4 is 11.0 Å². The fourth-order valence-electron chi connectivity index (χ4n) is 4.23. The van der Waals surface area contributed by atoms with E-state index < -0.39 is 5.63 Å². The van der Waals surface area contributed by atoms with Crippen molar-refractivity contribution in [1.29, 1.82) is 0 Å². The standard InChI is InChI=1S/C27H24FNO5/c1-31-24-10-5-18(14-25(24)32-2)21-13-19-6-9-23-22(26(19)34-27(21)30)15-29(16-33-23)12-11-17-3-7-20(28)8-4-17/h3-10,13-14H,11-12,15-16H2,1-2H3. The van der Waals surface area contributed by atoms with Gasteiger partial charge in [0.05, 0.1) is 25.3 Å². The van der Waals surface area contributed by atoms with E-state index in [1.54, 1.807) is 44.6 Å². The molecule has 0 saturated heterocycles. The third-order valence-corrected chi connectivity index (χ3v) is 6.07. The fourth-order valence-corrected chi connectivity index (χ4v) is 4.23. The summed E-state index contributed by atoms with van der Waals surface area (Å²) in [6.07, 6.45) is 0.761. The third kappa shape index (κ3) is 4.22. The first-order valence-electron chi connectivity index (χ1n) is 11.0. The Morgan fingerprint density at radius 1 is 0.971 bits per heavy atom. The van der Waals surface area contributed by atoms with Gasteiger partial charge >= 0.3 is 5.63 Å². The Balaban J connectivity index is 1.44. The van der Waals surface area contributed by atoms with E-state index in [1.165, 1.54) is 12.1 Å². The highest BCUT2D eigenvalue weighted by atomic mass is 19.1. The van der Waals surface area contributed by atoms with E-state index in [0.29, 0.717) is 47.2 Å². The largest absolute Gasteiger partial charge is 0.493 e. The van der Waals surface area contributed by atoms with Gasteiger partial charge in [-0.3, -0.25) is 4.90 Å². The molecular formula is C27H24FNO5. The van der Waals surface area contributed by atoms with Gasteiger partial charge in [0.15, 0.2) is 11.5 Å². The smallest absolute Gasteiger partial charge is 0.344 e. The lowest BCUT2D eigenvalue weighted by Crippen LogP contribution is -2.33. The highest BCUT2D eigenvalue weighted by Crippen LogP contribution is 2.35. The van der Waals surface area contributed by atoms with E-state index in [9.17, 15) is 9.18 Å². The van der Waals surface area contributed by atoms with Gasteiger partial charge in [-0.1, -0.05) is 18.2 Å². The van der Waals surface area contributed by atoms with Gasteiger partial charge < -0.3 is 18.6 Å². The SMILES string of the molecule is COc1ccc(-c2cc3ccc4c(c3oc2=O)CN(CCc2ccc(F)cc2)CO4)cc1OC. The van der Waals surface area contributed by atoms with Gasteiger partial charge in [-0.2, -0.15) is 0 Å². The lowest BCUT2D eigenvalue weighted by atomic mass is 10.0. The monoisotopic (exact) mass is 461 g/mol. The van der Waals surface area contributed by atoms with E-state index in [-0.39, 0.29) is 5.82 Å². The second-order valence-electron chi connectivity index (χ2n) is 8.18. The van der Waals surface area contributed by atoms with Gasteiger partial charge in [-0.25, -0.2) is 9.18 Å². The highest BCUT2D eigenvalue weighted by molar-refractivity contribution is 5.86. The first-order valence-corrected chi connectivity index (χ1v) is 11.0. The Bertz CT molecular complexity index is 1400. The molecular weight excluding hydrogens is 437 g/mol. The number of benzene rings is 3. The van der Waals surface area contributed by atoms with Crippen LogP contribution in [0.15, 0.2) is 69.9 Å². The maximum atomic E-state index is 13.2. The van der Waals surface area contributed by atoms with E-state index in [0.717, 1.165) is 29.5 Å². The number of nitrogens with zero attached hydrogens (tertiary/aromatic N) is 1. The predicted molar refractivity (Wildman–Crippen MR) is 127 cm³/mol. The first-order chi connectivity index (χ1) is 16.6. The molecule has 174 valence electrons. The lowest BCUT2D eigenvalue weighted by molar-refractivity contribution is 0.0968. The third-order valence-electron chi connectivity index (χ3n) is 6.07. The van der Waals surface area contributed by atoms with E-state index >= 15 is 0 Å². The molecule has 0 aliphatic carbocycles. The van der Waals surface area contributed by atoms with E-state index in [1.807, 2.05) is 18.2 Å². The van der Waals surface area contributed by atoms with Crippen molar-refractivity contribution in [3.8, 4) is 28.4 Å². The zero-order chi connectivity index (χ0) is 23.7. The van der Waals surface area contributed by atoms with Gasteiger partial charge in [-0.15, -0.1) is 0 Å². The van der Waals surface area contributed by atoms with Gasteiger partial charge in [-0.05, 0) is 60.0 Å². The Hall–Kier alpha value is -3.84. The van der Waals surface area contributed by atoms with Crippen LogP contribution < -0.4 is 19.8 Å². The minimum Gasteiger partial charge on any atom is -0.493 e. The summed E-state index contributed by atoms with van der Waals surface area (Å²) in [5.74, 6) is 1.60. The molecule has 0 fully saturated rings. The summed E-state index contributed by atoms with van der Waals surface area (Å²) in [7, 11) is 3.12. The number of rotatable bonds is 6. The summed E-state index contributed by atoms with van der Waals surface area (Å²) in [6.45, 7) is 1.76. The van der Waals surface area contributed by atoms with Gasteiger partial charge in [0.1, 0.15) is 23.9 Å². The number of fused-ring (bicyclic) bond motifs is 3. The molecule has 0 atom stereocenters. The van der Waals surface area contributed by atoms with Crippen molar-refractivity contribution in [3.05, 3.63) is 88.0 Å². The quantitative estimate of drug-likeness (QED) is 0.376. The van der Waals surface area contributed by atoms with Crippen LogP contribution in [0.2, 0.25) is 0 Å². The summed E-state index contributed by atoms with van der Waals surface area (Å²) < 4.78 is 35.6. The zero-order valence-corrected chi connectivity index (χ0v) is 19.0. The van der Waals surface area contributed by atoms with Gasteiger partial charge in [0, 0.05) is 18.5 Å². The molecule has 0 amide bonds. The van der Waals surface area contributed by atoms with Crippen LogP contribution in [0, 0.1) is 5.82 Å². The number of hydrogen-bond donors (Lipinski definition) is 0. The van der Waals surface area contributed by atoms with Crippen molar-refractivity contribution in [3.63, 3.8) is 0 Å². The Kier molecular flexibility index (Phi) is 5.94. The number of ether oxygens (including phenoxy) is 3. The molecule has 0 spiro atoms. The molecule has 0 bridgehead atoms. The second-order valence-corrected chi connectivity index (χ2v) is 8.18. The molecule has 34 heavy (non-hydrogen) atoms. The molecule has 0 unspecified atom stereocenters. The molecule has 5 rings (SSSR count). The van der Waals surface area contributed by atoms with Crippen molar-refractivity contribution in [2.45, 2.75) is 13.0 Å². The number of methoxy groups -OCH3 is 2. The highest BCUT2D eigenvalue weighted by Gasteiger charge is 2.22. The lowest BCUT2D eigenvalue weighted by Gasteiger charge is -2.29. The van der Waals surface area contributed by atoms with Crippen LogP contribution in [0.1, 0.15) is 11.1 Å². The van der Waals surface area contributed by atoms with E-state index in [2.05, 4.69) is 4.90 Å². The van der Waals surface area contributed by atoms with E-state index in [4.69, 9.17) is 18.6 Å². The zero-order valence-electron chi connectivity index (χ0n) is 19.0. The average molecular weight is 461 g/mol. The molecule has 7 heteroatoms. The summed E-state index contributed by atoms with van der Waals surface area (Å²) in [5, 5.41) is 0.812. The molecule has 0 radical (unpaired) electrons. The Morgan fingerprint density at radius 2 is 1.76 bits per heavy atom. The summed E-state index contributed by atoms with van der Waals surface area (Å²) in [6, 6.07) is 17.5. The maximum Gasteiger partial charge on any atom is 0.344 e. The van der Waals surface area contributed by atoms with Gasteiger partial charge in [0.25, 0.3) is 0 Å². The summed E-state index contributed by atoms with van der Waals surface area (Å²) in [5.41, 5.74) is 3.12. The molecule has 0 saturated carbocycles. The summed E-state index contributed by atoms with van der Waals surface area (Å²) >= 11 is 0. The maximum absolute atomic E-state index is 13.2. The topological polar surface area (TPSA) is 61.1 Å². The van der Waals surface area contributed by atoms with Gasteiger partial charge in [0.2, 0.25) is 0 Å². The van der Waals surface area contributed by atoms with Crippen LogP contribution in [0.4, 0.5) is 4.39 Å². The first kappa shape index (κ1) is 22.0. The van der Waals surface area contributed by atoms with Crippen LogP contribution in [0.25, 0.3) is 22.1 Å². The fraction of sp³-hybridized carbons (Fsp3) is 0.222. The minimum atomic E-state index is -0.434. The number of halogens is 1. The van der Waals surface area contributed by atoms with Crippen molar-refractivity contribution in [1.82, 2.24) is 4.90 Å². The van der Waals surface area contributed by atoms with Crippen LogP contribution in [0.3, 0.4) is 0 Å². The molecule has 1 aromatic heterocycles.